The summed E-state index contributed by atoms with van der Waals surface area (Å²) in [5.41, 5.74) is 1.13. The van der Waals surface area contributed by atoms with Crippen LogP contribution >= 0.6 is 0 Å². The minimum Gasteiger partial charge on any atom is -0.481 e. The van der Waals surface area contributed by atoms with Gasteiger partial charge in [0.1, 0.15) is 0 Å². The van der Waals surface area contributed by atoms with E-state index in [1.165, 1.54) is 0 Å². The van der Waals surface area contributed by atoms with Gasteiger partial charge in [0.2, 0.25) is 0 Å². The first-order valence-electron chi connectivity index (χ1n) is 6.70. The lowest BCUT2D eigenvalue weighted by atomic mass is 10.1. The van der Waals surface area contributed by atoms with Crippen molar-refractivity contribution < 1.29 is 9.90 Å². The van der Waals surface area contributed by atoms with E-state index in [0.29, 0.717) is 5.92 Å². The lowest BCUT2D eigenvalue weighted by Crippen LogP contribution is -2.41. The van der Waals surface area contributed by atoms with Crippen LogP contribution in [-0.2, 0) is 11.3 Å². The summed E-state index contributed by atoms with van der Waals surface area (Å²) < 4.78 is 0. The Morgan fingerprint density at radius 2 is 2.42 bits per heavy atom. The van der Waals surface area contributed by atoms with Crippen LogP contribution in [0.15, 0.2) is 24.5 Å². The topological polar surface area (TPSA) is 65.5 Å². The Kier molecular flexibility index (Phi) is 4.87. The number of aromatic nitrogens is 1. The third kappa shape index (κ3) is 4.29. The molecule has 0 saturated carbocycles. The number of nitrogens with one attached hydrogen (secondary N) is 1. The maximum atomic E-state index is 11.0. The number of hydrogen-bond acceptors (Lipinski definition) is 4. The third-order valence-corrected chi connectivity index (χ3v) is 3.45. The highest BCUT2D eigenvalue weighted by atomic mass is 16.4. The molecule has 1 aliphatic heterocycles. The molecule has 2 N–H and O–H groups in total. The van der Waals surface area contributed by atoms with E-state index < -0.39 is 5.97 Å². The Morgan fingerprint density at radius 3 is 3.11 bits per heavy atom. The second-order valence-corrected chi connectivity index (χ2v) is 5.31. The standard InChI is InChI=1S/C14H21N3O2/c1-11-6-16-8-13(5-14(18)19)17(9-11)10-12-3-2-4-15-7-12/h2-4,7,11,13,16H,5-6,8-10H2,1H3,(H,18,19). The number of pyridine rings is 1. The first-order chi connectivity index (χ1) is 9.15. The second kappa shape index (κ2) is 6.63. The Labute approximate surface area is 113 Å². The summed E-state index contributed by atoms with van der Waals surface area (Å²) >= 11 is 0. The molecule has 0 aromatic carbocycles. The van der Waals surface area contributed by atoms with Crippen LogP contribution in [-0.4, -0.2) is 46.6 Å². The smallest absolute Gasteiger partial charge is 0.304 e. The number of carboxylic acids is 1. The van der Waals surface area contributed by atoms with Crippen LogP contribution in [0, 0.1) is 5.92 Å². The lowest BCUT2D eigenvalue weighted by Gasteiger charge is -2.29. The van der Waals surface area contributed by atoms with Crippen molar-refractivity contribution in [1.82, 2.24) is 15.2 Å². The zero-order chi connectivity index (χ0) is 13.7. The number of nitrogens with zero attached hydrogens (tertiary/aromatic N) is 2. The van der Waals surface area contributed by atoms with E-state index in [-0.39, 0.29) is 12.5 Å². The zero-order valence-electron chi connectivity index (χ0n) is 11.2. The highest BCUT2D eigenvalue weighted by molar-refractivity contribution is 5.67. The molecule has 2 rings (SSSR count). The first kappa shape index (κ1) is 14.0. The van der Waals surface area contributed by atoms with Crippen molar-refractivity contribution in [1.29, 1.82) is 0 Å². The van der Waals surface area contributed by atoms with Gasteiger partial charge in [-0.3, -0.25) is 14.7 Å². The van der Waals surface area contributed by atoms with E-state index in [2.05, 4.69) is 22.1 Å². The number of rotatable bonds is 4. The first-order valence-corrected chi connectivity index (χ1v) is 6.70. The number of hydrogen-bond donors (Lipinski definition) is 2. The SMILES string of the molecule is CC1CNCC(CC(=O)O)N(Cc2cccnc2)C1. The van der Waals surface area contributed by atoms with E-state index >= 15 is 0 Å². The van der Waals surface area contributed by atoms with Crippen LogP contribution in [0.1, 0.15) is 18.9 Å². The largest absolute Gasteiger partial charge is 0.481 e. The molecular weight excluding hydrogens is 242 g/mol. The minimum absolute atomic E-state index is 0.0441. The predicted octanol–water partition coefficient (Wildman–Crippen LogP) is 0.966. The highest BCUT2D eigenvalue weighted by Gasteiger charge is 2.25. The molecule has 5 nitrogen and oxygen atoms in total. The van der Waals surface area contributed by atoms with Gasteiger partial charge in [-0.15, -0.1) is 0 Å². The molecule has 104 valence electrons. The minimum atomic E-state index is -0.738. The average Bonchev–Trinajstić information content (AvgIpc) is 2.53. The molecule has 1 fully saturated rings. The van der Waals surface area contributed by atoms with Crippen LogP contribution in [0.5, 0.6) is 0 Å². The fourth-order valence-corrected chi connectivity index (χ4v) is 2.56. The van der Waals surface area contributed by atoms with Crippen molar-refractivity contribution in [3.63, 3.8) is 0 Å². The molecule has 0 radical (unpaired) electrons. The summed E-state index contributed by atoms with van der Waals surface area (Å²) in [7, 11) is 0. The Morgan fingerprint density at radius 1 is 1.58 bits per heavy atom. The van der Waals surface area contributed by atoms with Gasteiger partial charge < -0.3 is 10.4 Å². The monoisotopic (exact) mass is 263 g/mol. The van der Waals surface area contributed by atoms with Gasteiger partial charge in [-0.25, -0.2) is 0 Å². The quantitative estimate of drug-likeness (QED) is 0.847. The van der Waals surface area contributed by atoms with Crippen LogP contribution < -0.4 is 5.32 Å². The number of aliphatic carboxylic acids is 1. The van der Waals surface area contributed by atoms with Crippen molar-refractivity contribution in [3.8, 4) is 0 Å². The maximum Gasteiger partial charge on any atom is 0.304 e. The molecule has 1 aromatic rings. The summed E-state index contributed by atoms with van der Waals surface area (Å²) in [5.74, 6) is -0.215. The molecule has 1 saturated heterocycles. The molecular formula is C14H21N3O2. The van der Waals surface area contributed by atoms with E-state index in [1.807, 2.05) is 18.3 Å². The number of carboxylic acid groups (broad SMARTS) is 1. The highest BCUT2D eigenvalue weighted by Crippen LogP contribution is 2.15. The van der Waals surface area contributed by atoms with Gasteiger partial charge >= 0.3 is 5.97 Å². The van der Waals surface area contributed by atoms with Crippen LogP contribution in [0.3, 0.4) is 0 Å². The fourth-order valence-electron chi connectivity index (χ4n) is 2.56. The molecule has 0 aliphatic carbocycles. The van der Waals surface area contributed by atoms with Gasteiger partial charge in [-0.05, 0) is 24.1 Å². The summed E-state index contributed by atoms with van der Waals surface area (Å²) in [5, 5.41) is 12.4. The molecule has 5 heteroatoms. The Hall–Kier alpha value is -1.46. The van der Waals surface area contributed by atoms with E-state index in [0.717, 1.165) is 31.7 Å². The van der Waals surface area contributed by atoms with Crippen molar-refractivity contribution >= 4 is 5.97 Å². The molecule has 2 heterocycles. The third-order valence-electron chi connectivity index (χ3n) is 3.45. The normalized spacial score (nSPS) is 24.9. The van der Waals surface area contributed by atoms with Crippen molar-refractivity contribution in [2.24, 2.45) is 5.92 Å². The van der Waals surface area contributed by atoms with Crippen molar-refractivity contribution in [2.75, 3.05) is 19.6 Å². The van der Waals surface area contributed by atoms with Gasteiger partial charge in [0.15, 0.2) is 0 Å². The Bertz CT molecular complexity index is 410. The molecule has 2 unspecified atom stereocenters. The molecule has 1 aromatic heterocycles. The molecule has 0 amide bonds. The summed E-state index contributed by atoms with van der Waals surface area (Å²) in [6.45, 7) is 5.54. The average molecular weight is 263 g/mol. The van der Waals surface area contributed by atoms with Crippen molar-refractivity contribution in [2.45, 2.75) is 25.9 Å². The van der Waals surface area contributed by atoms with Crippen molar-refractivity contribution in [3.05, 3.63) is 30.1 Å². The maximum absolute atomic E-state index is 11.0. The predicted molar refractivity (Wildman–Crippen MR) is 72.7 cm³/mol. The van der Waals surface area contributed by atoms with Crippen LogP contribution in [0.25, 0.3) is 0 Å². The molecule has 0 bridgehead atoms. The van der Waals surface area contributed by atoms with Crippen LogP contribution in [0.4, 0.5) is 0 Å². The van der Waals surface area contributed by atoms with Gasteiger partial charge in [-0.2, -0.15) is 0 Å². The van der Waals surface area contributed by atoms with Gasteiger partial charge in [0.25, 0.3) is 0 Å². The van der Waals surface area contributed by atoms with E-state index in [9.17, 15) is 4.79 Å². The summed E-state index contributed by atoms with van der Waals surface area (Å²) in [4.78, 5) is 17.4. The molecule has 2 atom stereocenters. The fraction of sp³-hybridized carbons (Fsp3) is 0.571. The number of carbonyl (C=O) groups is 1. The van der Waals surface area contributed by atoms with E-state index in [1.54, 1.807) is 6.20 Å². The van der Waals surface area contributed by atoms with E-state index in [4.69, 9.17) is 5.11 Å². The van der Waals surface area contributed by atoms with Gasteiger partial charge in [0, 0.05) is 38.1 Å². The molecule has 1 aliphatic rings. The second-order valence-electron chi connectivity index (χ2n) is 5.31. The van der Waals surface area contributed by atoms with Gasteiger partial charge in [0.05, 0.1) is 6.42 Å². The van der Waals surface area contributed by atoms with Gasteiger partial charge in [-0.1, -0.05) is 13.0 Å². The summed E-state index contributed by atoms with van der Waals surface area (Å²) in [6.07, 6.45) is 3.78. The van der Waals surface area contributed by atoms with Crippen LogP contribution in [0.2, 0.25) is 0 Å². The summed E-state index contributed by atoms with van der Waals surface area (Å²) in [6, 6.07) is 4.00. The lowest BCUT2D eigenvalue weighted by molar-refractivity contribution is -0.138. The molecule has 0 spiro atoms. The molecule has 19 heavy (non-hydrogen) atoms. The Balaban J connectivity index is 2.08. The zero-order valence-corrected chi connectivity index (χ0v) is 11.2.